The van der Waals surface area contributed by atoms with Gasteiger partial charge in [0.25, 0.3) is 6.33 Å². The molecular formula is C16H18ClF3N3O5S2+. The van der Waals surface area contributed by atoms with Gasteiger partial charge in [0.2, 0.25) is 0 Å². The molecule has 1 aromatic heterocycles. The normalized spacial score (nSPS) is 15.9. The SMILES string of the molecule is C[n+]1ccn(S(=O)(=O)N2CC=C(c3cccc(Cl)c3)CC2)c1.O=S(=O)(O)C(F)(F)F. The summed E-state index contributed by atoms with van der Waals surface area (Å²) in [6.45, 7) is 0.828. The third-order valence-electron chi connectivity index (χ3n) is 4.00. The summed E-state index contributed by atoms with van der Waals surface area (Å²) in [5.74, 6) is 0. The van der Waals surface area contributed by atoms with Gasteiger partial charge in [-0.2, -0.15) is 34.3 Å². The van der Waals surface area contributed by atoms with Gasteiger partial charge < -0.3 is 0 Å². The molecule has 30 heavy (non-hydrogen) atoms. The van der Waals surface area contributed by atoms with Crippen LogP contribution in [0.5, 0.6) is 0 Å². The average Bonchev–Trinajstić information content (AvgIpc) is 3.08. The van der Waals surface area contributed by atoms with E-state index in [1.165, 1.54) is 8.28 Å². The molecule has 1 aliphatic heterocycles. The number of aryl methyl sites for hydroxylation is 1. The van der Waals surface area contributed by atoms with Crippen molar-refractivity contribution in [3.05, 3.63) is 59.6 Å². The van der Waals surface area contributed by atoms with Gasteiger partial charge in [-0.05, 0) is 29.7 Å². The third kappa shape index (κ3) is 6.04. The first-order valence-corrected chi connectivity index (χ1v) is 11.5. The van der Waals surface area contributed by atoms with Crippen LogP contribution in [-0.2, 0) is 27.4 Å². The first kappa shape index (κ1) is 24.3. The van der Waals surface area contributed by atoms with Crippen LogP contribution in [0.2, 0.25) is 5.02 Å². The number of rotatable bonds is 3. The number of imidazole rings is 1. The molecule has 2 aromatic rings. The molecule has 0 atom stereocenters. The molecule has 1 N–H and O–H groups in total. The molecule has 0 bridgehead atoms. The second-order valence-electron chi connectivity index (χ2n) is 6.19. The van der Waals surface area contributed by atoms with E-state index in [1.54, 1.807) is 30.3 Å². The zero-order chi connectivity index (χ0) is 22.7. The molecule has 0 spiro atoms. The van der Waals surface area contributed by atoms with Crippen molar-refractivity contribution >= 4 is 37.5 Å². The Morgan fingerprint density at radius 1 is 1.20 bits per heavy atom. The Hall–Kier alpha value is -1.93. The van der Waals surface area contributed by atoms with Gasteiger partial charge in [0, 0.05) is 18.1 Å². The fourth-order valence-electron chi connectivity index (χ4n) is 2.51. The van der Waals surface area contributed by atoms with E-state index in [4.69, 9.17) is 24.6 Å². The molecule has 0 saturated carbocycles. The van der Waals surface area contributed by atoms with E-state index in [-0.39, 0.29) is 0 Å². The van der Waals surface area contributed by atoms with Crippen molar-refractivity contribution in [1.29, 1.82) is 0 Å². The van der Waals surface area contributed by atoms with Crippen molar-refractivity contribution in [1.82, 2.24) is 8.28 Å². The second kappa shape index (κ2) is 9.06. The summed E-state index contributed by atoms with van der Waals surface area (Å²) in [4.78, 5) is 0. The minimum Gasteiger partial charge on any atom is -0.279 e. The molecule has 1 aliphatic rings. The molecule has 0 saturated heterocycles. The number of halogens is 4. The highest BCUT2D eigenvalue weighted by molar-refractivity contribution is 7.87. The summed E-state index contributed by atoms with van der Waals surface area (Å²) in [5, 5.41) is 0.688. The standard InChI is InChI=1S/C15H17ClN3O2S.CHF3O3S/c1-17-9-10-19(12-17)22(20,21)18-7-5-13(6-8-18)14-3-2-4-15(16)11-14;2-1(3,4)8(5,6)7/h2-5,9-12H,6-8H2,1H3;(H,5,6,7)/q+1;. The minimum absolute atomic E-state index is 0.367. The lowest BCUT2D eigenvalue weighted by Crippen LogP contribution is -2.38. The van der Waals surface area contributed by atoms with E-state index in [0.717, 1.165) is 11.1 Å². The van der Waals surface area contributed by atoms with Crippen molar-refractivity contribution in [2.75, 3.05) is 13.1 Å². The Balaban J connectivity index is 0.000000343. The first-order valence-electron chi connectivity index (χ1n) is 8.24. The van der Waals surface area contributed by atoms with Crippen LogP contribution in [0.15, 0.2) is 49.1 Å². The Morgan fingerprint density at radius 3 is 2.27 bits per heavy atom. The Kier molecular flexibility index (Phi) is 7.35. The van der Waals surface area contributed by atoms with Gasteiger partial charge in [0.15, 0.2) is 0 Å². The number of nitrogens with zero attached hydrogens (tertiary/aromatic N) is 3. The van der Waals surface area contributed by atoms with E-state index in [1.807, 2.05) is 30.3 Å². The maximum Gasteiger partial charge on any atom is 0.522 e. The molecule has 0 aliphatic carbocycles. The fraction of sp³-hybridized carbons (Fsp3) is 0.312. The summed E-state index contributed by atoms with van der Waals surface area (Å²) in [6.07, 6.45) is 7.43. The molecule has 3 rings (SSSR count). The van der Waals surface area contributed by atoms with Crippen molar-refractivity contribution in [2.45, 2.75) is 11.9 Å². The van der Waals surface area contributed by atoms with Crippen LogP contribution in [0.4, 0.5) is 13.2 Å². The summed E-state index contributed by atoms with van der Waals surface area (Å²) >= 11 is 6.01. The number of aromatic nitrogens is 2. The number of hydrogen-bond donors (Lipinski definition) is 1. The maximum atomic E-state index is 12.5. The molecule has 1 aromatic carbocycles. The lowest BCUT2D eigenvalue weighted by Gasteiger charge is -2.23. The average molecular weight is 489 g/mol. The monoisotopic (exact) mass is 488 g/mol. The number of alkyl halides is 3. The van der Waals surface area contributed by atoms with Crippen LogP contribution in [0.25, 0.3) is 5.57 Å². The molecular weight excluding hydrogens is 471 g/mol. The predicted molar refractivity (Wildman–Crippen MR) is 103 cm³/mol. The summed E-state index contributed by atoms with van der Waals surface area (Å²) in [5.41, 5.74) is -3.35. The van der Waals surface area contributed by atoms with E-state index < -0.39 is 25.8 Å². The van der Waals surface area contributed by atoms with Crippen molar-refractivity contribution in [3.63, 3.8) is 0 Å². The van der Waals surface area contributed by atoms with Crippen molar-refractivity contribution in [3.8, 4) is 0 Å². The summed E-state index contributed by atoms with van der Waals surface area (Å²) < 4.78 is 87.0. The van der Waals surface area contributed by atoms with E-state index in [9.17, 15) is 21.6 Å². The number of hydrogen-bond acceptors (Lipinski definition) is 4. The Morgan fingerprint density at radius 2 is 1.83 bits per heavy atom. The van der Waals surface area contributed by atoms with Crippen LogP contribution >= 0.6 is 11.6 Å². The second-order valence-corrected chi connectivity index (χ2v) is 9.87. The van der Waals surface area contributed by atoms with Crippen LogP contribution < -0.4 is 4.57 Å². The molecule has 0 fully saturated rings. The zero-order valence-corrected chi connectivity index (χ0v) is 17.9. The predicted octanol–water partition coefficient (Wildman–Crippen LogP) is 2.24. The third-order valence-corrected chi connectivity index (χ3v) is 6.55. The van der Waals surface area contributed by atoms with Crippen molar-refractivity contribution in [2.24, 2.45) is 7.05 Å². The van der Waals surface area contributed by atoms with E-state index in [2.05, 4.69) is 0 Å². The highest BCUT2D eigenvalue weighted by atomic mass is 35.5. The molecule has 0 amide bonds. The van der Waals surface area contributed by atoms with Gasteiger partial charge in [-0.1, -0.05) is 29.8 Å². The molecule has 0 unspecified atom stereocenters. The van der Waals surface area contributed by atoms with Gasteiger partial charge in [-0.25, -0.2) is 4.57 Å². The smallest absolute Gasteiger partial charge is 0.279 e. The lowest BCUT2D eigenvalue weighted by molar-refractivity contribution is -0.670. The maximum absolute atomic E-state index is 12.5. The Bertz CT molecular complexity index is 1140. The molecule has 0 radical (unpaired) electrons. The molecule has 14 heteroatoms. The van der Waals surface area contributed by atoms with Crippen LogP contribution in [0.3, 0.4) is 0 Å². The fourth-order valence-corrected chi connectivity index (χ4v) is 4.03. The lowest BCUT2D eigenvalue weighted by atomic mass is 10.0. The van der Waals surface area contributed by atoms with E-state index >= 15 is 0 Å². The highest BCUT2D eigenvalue weighted by Gasteiger charge is 2.44. The topological polar surface area (TPSA) is 101 Å². The highest BCUT2D eigenvalue weighted by Crippen LogP contribution is 2.26. The van der Waals surface area contributed by atoms with Gasteiger partial charge in [-0.3, -0.25) is 4.55 Å². The van der Waals surface area contributed by atoms with Gasteiger partial charge >= 0.3 is 25.8 Å². The quantitative estimate of drug-likeness (QED) is 0.406. The van der Waals surface area contributed by atoms with Crippen LogP contribution in [0, 0.1) is 0 Å². The summed E-state index contributed by atoms with van der Waals surface area (Å²) in [6, 6.07) is 7.63. The first-order chi connectivity index (χ1) is 13.7. The van der Waals surface area contributed by atoms with E-state index in [0.29, 0.717) is 24.5 Å². The number of benzene rings is 1. The van der Waals surface area contributed by atoms with Gasteiger partial charge in [0.1, 0.15) is 12.4 Å². The largest absolute Gasteiger partial charge is 0.522 e. The van der Waals surface area contributed by atoms with Crippen molar-refractivity contribution < 1.29 is 39.1 Å². The minimum atomic E-state index is -5.84. The van der Waals surface area contributed by atoms with Gasteiger partial charge in [0.05, 0.1) is 7.05 Å². The van der Waals surface area contributed by atoms with Crippen LogP contribution in [-0.4, -0.2) is 48.3 Å². The molecule has 166 valence electrons. The van der Waals surface area contributed by atoms with Crippen LogP contribution in [0.1, 0.15) is 12.0 Å². The molecule has 2 heterocycles. The zero-order valence-electron chi connectivity index (χ0n) is 15.5. The molecule has 8 nitrogen and oxygen atoms in total. The summed E-state index contributed by atoms with van der Waals surface area (Å²) in [7, 11) is -7.55. The van der Waals surface area contributed by atoms with Gasteiger partial charge in [-0.15, -0.1) is 3.97 Å². The Labute approximate surface area is 176 Å².